The van der Waals surface area contributed by atoms with Gasteiger partial charge in [-0.3, -0.25) is 0 Å². The smallest absolute Gasteiger partial charge is 0.161 e. The number of aliphatic hydroxyl groups excluding tert-OH is 1. The summed E-state index contributed by atoms with van der Waals surface area (Å²) in [5.41, 5.74) is 2.94. The van der Waals surface area contributed by atoms with Crippen LogP contribution in [0.4, 0.5) is 0 Å². The summed E-state index contributed by atoms with van der Waals surface area (Å²) in [6.45, 7) is 3.97. The number of rotatable bonds is 4. The van der Waals surface area contributed by atoms with Gasteiger partial charge in [0.2, 0.25) is 0 Å². The van der Waals surface area contributed by atoms with E-state index in [1.807, 2.05) is 37.4 Å². The van der Waals surface area contributed by atoms with E-state index in [1.54, 1.807) is 25.6 Å². The summed E-state index contributed by atoms with van der Waals surface area (Å²) < 4.78 is 10.6. The van der Waals surface area contributed by atoms with Crippen molar-refractivity contribution in [3.05, 3.63) is 45.1 Å². The zero-order valence-corrected chi connectivity index (χ0v) is 12.4. The molecule has 0 amide bonds. The third-order valence-electron chi connectivity index (χ3n) is 3.22. The van der Waals surface area contributed by atoms with Crippen molar-refractivity contribution in [3.63, 3.8) is 0 Å². The van der Waals surface area contributed by atoms with Gasteiger partial charge in [0.1, 0.15) is 6.10 Å². The molecule has 0 bridgehead atoms. The van der Waals surface area contributed by atoms with Gasteiger partial charge in [-0.25, -0.2) is 0 Å². The fourth-order valence-electron chi connectivity index (χ4n) is 2.10. The highest BCUT2D eigenvalue weighted by Crippen LogP contribution is 2.37. The normalized spacial score (nSPS) is 12.3. The van der Waals surface area contributed by atoms with Gasteiger partial charge in [0.25, 0.3) is 0 Å². The lowest BCUT2D eigenvalue weighted by molar-refractivity contribution is 0.222. The monoisotopic (exact) mass is 278 g/mol. The van der Waals surface area contributed by atoms with E-state index in [1.165, 1.54) is 0 Å². The molecule has 2 rings (SSSR count). The Hall–Kier alpha value is -1.52. The standard InChI is InChI=1S/C15H18O3S/c1-9-5-6-19-15(9)14(16)11-8-13(18-4)12(17-3)7-10(11)2/h5-8,14,16H,1-4H3. The minimum absolute atomic E-state index is 0.625. The van der Waals surface area contributed by atoms with Gasteiger partial charge in [0, 0.05) is 4.88 Å². The lowest BCUT2D eigenvalue weighted by atomic mass is 10.00. The topological polar surface area (TPSA) is 38.7 Å². The quantitative estimate of drug-likeness (QED) is 0.930. The van der Waals surface area contributed by atoms with E-state index in [4.69, 9.17) is 9.47 Å². The molecular formula is C15H18O3S. The molecule has 1 unspecified atom stereocenters. The molecule has 0 fully saturated rings. The molecule has 2 aromatic rings. The molecule has 1 aromatic heterocycles. The lowest BCUT2D eigenvalue weighted by Crippen LogP contribution is -2.03. The van der Waals surface area contributed by atoms with Gasteiger partial charge in [-0.05, 0) is 54.1 Å². The van der Waals surface area contributed by atoms with E-state index in [9.17, 15) is 5.11 Å². The number of hydrogen-bond acceptors (Lipinski definition) is 4. The van der Waals surface area contributed by atoms with Gasteiger partial charge in [0.15, 0.2) is 11.5 Å². The van der Waals surface area contributed by atoms with Gasteiger partial charge in [-0.1, -0.05) is 0 Å². The SMILES string of the molecule is COc1cc(C)c(C(O)c2sccc2C)cc1OC. The molecule has 0 saturated carbocycles. The molecule has 0 aliphatic carbocycles. The second-order valence-corrected chi connectivity index (χ2v) is 5.38. The van der Waals surface area contributed by atoms with Crippen molar-refractivity contribution in [2.45, 2.75) is 20.0 Å². The molecule has 1 heterocycles. The van der Waals surface area contributed by atoms with Crippen LogP contribution in [-0.2, 0) is 0 Å². The first kappa shape index (κ1) is 13.9. The van der Waals surface area contributed by atoms with E-state index in [0.29, 0.717) is 11.5 Å². The lowest BCUT2D eigenvalue weighted by Gasteiger charge is -2.17. The van der Waals surface area contributed by atoms with Crippen molar-refractivity contribution in [2.75, 3.05) is 14.2 Å². The number of methoxy groups -OCH3 is 2. The molecule has 3 nitrogen and oxygen atoms in total. The first-order chi connectivity index (χ1) is 9.08. The average molecular weight is 278 g/mol. The van der Waals surface area contributed by atoms with E-state index >= 15 is 0 Å². The summed E-state index contributed by atoms with van der Waals surface area (Å²) in [5.74, 6) is 1.32. The summed E-state index contributed by atoms with van der Waals surface area (Å²) in [4.78, 5) is 0.968. The van der Waals surface area contributed by atoms with Crippen LogP contribution in [0.25, 0.3) is 0 Å². The zero-order valence-electron chi connectivity index (χ0n) is 11.6. The van der Waals surface area contributed by atoms with Crippen LogP contribution in [0.2, 0.25) is 0 Å². The summed E-state index contributed by atoms with van der Waals surface area (Å²) in [7, 11) is 3.20. The van der Waals surface area contributed by atoms with Gasteiger partial charge in [0.05, 0.1) is 14.2 Å². The molecule has 1 atom stereocenters. The summed E-state index contributed by atoms with van der Waals surface area (Å²) in [5, 5.41) is 12.5. The van der Waals surface area contributed by atoms with Crippen LogP contribution in [0.1, 0.15) is 27.7 Å². The van der Waals surface area contributed by atoms with Crippen LogP contribution in [-0.4, -0.2) is 19.3 Å². The minimum Gasteiger partial charge on any atom is -0.493 e. The molecule has 0 aliphatic rings. The van der Waals surface area contributed by atoms with E-state index < -0.39 is 6.10 Å². The molecule has 0 spiro atoms. The van der Waals surface area contributed by atoms with Crippen molar-refractivity contribution in [1.82, 2.24) is 0 Å². The fourth-order valence-corrected chi connectivity index (χ4v) is 3.03. The first-order valence-electron chi connectivity index (χ1n) is 6.03. The van der Waals surface area contributed by atoms with Gasteiger partial charge < -0.3 is 14.6 Å². The van der Waals surface area contributed by atoms with Crippen LogP contribution < -0.4 is 9.47 Å². The van der Waals surface area contributed by atoms with Crippen LogP contribution in [0.3, 0.4) is 0 Å². The fraction of sp³-hybridized carbons (Fsp3) is 0.333. The van der Waals surface area contributed by atoms with Gasteiger partial charge >= 0.3 is 0 Å². The highest BCUT2D eigenvalue weighted by Gasteiger charge is 2.19. The Labute approximate surface area is 117 Å². The van der Waals surface area contributed by atoms with E-state index in [0.717, 1.165) is 21.6 Å². The number of aliphatic hydroxyl groups is 1. The second kappa shape index (κ2) is 5.63. The van der Waals surface area contributed by atoms with Crippen molar-refractivity contribution in [3.8, 4) is 11.5 Å². The molecule has 0 saturated heterocycles. The Morgan fingerprint density at radius 2 is 1.68 bits per heavy atom. The van der Waals surface area contributed by atoms with Crippen LogP contribution in [0, 0.1) is 13.8 Å². The third kappa shape index (κ3) is 2.60. The number of thiophene rings is 1. The Kier molecular flexibility index (Phi) is 4.12. The van der Waals surface area contributed by atoms with Gasteiger partial charge in [-0.2, -0.15) is 0 Å². The molecule has 1 N–H and O–H groups in total. The Morgan fingerprint density at radius 1 is 1.05 bits per heavy atom. The average Bonchev–Trinajstić information content (AvgIpc) is 2.83. The molecule has 1 aromatic carbocycles. The van der Waals surface area contributed by atoms with Crippen molar-refractivity contribution >= 4 is 11.3 Å². The molecule has 0 aliphatic heterocycles. The molecular weight excluding hydrogens is 260 g/mol. The summed E-state index contributed by atoms with van der Waals surface area (Å²) in [6.07, 6.45) is -0.625. The minimum atomic E-state index is -0.625. The van der Waals surface area contributed by atoms with Crippen molar-refractivity contribution in [1.29, 1.82) is 0 Å². The highest BCUT2D eigenvalue weighted by molar-refractivity contribution is 7.10. The van der Waals surface area contributed by atoms with E-state index in [-0.39, 0.29) is 0 Å². The third-order valence-corrected chi connectivity index (χ3v) is 4.29. The highest BCUT2D eigenvalue weighted by atomic mass is 32.1. The van der Waals surface area contributed by atoms with Crippen LogP contribution in [0.15, 0.2) is 23.6 Å². The number of aryl methyl sites for hydroxylation is 2. The van der Waals surface area contributed by atoms with Crippen molar-refractivity contribution < 1.29 is 14.6 Å². The van der Waals surface area contributed by atoms with Gasteiger partial charge in [-0.15, -0.1) is 11.3 Å². The maximum Gasteiger partial charge on any atom is 0.161 e. The predicted molar refractivity (Wildman–Crippen MR) is 77.4 cm³/mol. The Bertz CT molecular complexity index is 575. The van der Waals surface area contributed by atoms with Crippen LogP contribution in [0.5, 0.6) is 11.5 Å². The Morgan fingerprint density at radius 3 is 2.21 bits per heavy atom. The number of benzene rings is 1. The first-order valence-corrected chi connectivity index (χ1v) is 6.91. The Balaban J connectivity index is 2.48. The predicted octanol–water partition coefficient (Wildman–Crippen LogP) is 3.46. The second-order valence-electron chi connectivity index (χ2n) is 4.43. The number of hydrogen-bond donors (Lipinski definition) is 1. The van der Waals surface area contributed by atoms with E-state index in [2.05, 4.69) is 0 Å². The van der Waals surface area contributed by atoms with Crippen LogP contribution >= 0.6 is 11.3 Å². The zero-order chi connectivity index (χ0) is 14.0. The molecule has 102 valence electrons. The molecule has 19 heavy (non-hydrogen) atoms. The number of ether oxygens (including phenoxy) is 2. The summed E-state index contributed by atoms with van der Waals surface area (Å²) in [6, 6.07) is 5.75. The largest absolute Gasteiger partial charge is 0.493 e. The molecule has 4 heteroatoms. The van der Waals surface area contributed by atoms with Crippen molar-refractivity contribution in [2.24, 2.45) is 0 Å². The maximum absolute atomic E-state index is 10.5. The molecule has 0 radical (unpaired) electrons. The summed E-state index contributed by atoms with van der Waals surface area (Å²) >= 11 is 1.56. The maximum atomic E-state index is 10.5.